The van der Waals surface area contributed by atoms with Gasteiger partial charge in [0.05, 0.1) is 6.61 Å². The standard InChI is InChI=1S/C35H63O8P/c1-3-5-7-9-11-13-15-16-17-18-20-22-24-26-28-30-35(37)43-33(32-42-44(38,39)40)31-41-34(36)29-27-25-23-21-19-14-12-10-8-6-4-2/h11,13,16-17,20,22,33H,3-10,12,14-15,18-19,21,23-32H2,1-2H3,(H2,38,39,40)/b13-11+,17-16+,22-20+/t33-/m1/s1. The summed E-state index contributed by atoms with van der Waals surface area (Å²) in [6.07, 6.45) is 34.4. The van der Waals surface area contributed by atoms with Gasteiger partial charge in [-0.05, 0) is 51.4 Å². The van der Waals surface area contributed by atoms with Crippen LogP contribution in [0.4, 0.5) is 0 Å². The molecule has 0 fully saturated rings. The maximum Gasteiger partial charge on any atom is 0.469 e. The summed E-state index contributed by atoms with van der Waals surface area (Å²) < 4.78 is 26.2. The van der Waals surface area contributed by atoms with E-state index in [0.717, 1.165) is 51.4 Å². The number of phosphoric acid groups is 1. The second-order valence-electron chi connectivity index (χ2n) is 11.5. The minimum atomic E-state index is -4.75. The summed E-state index contributed by atoms with van der Waals surface area (Å²) in [5.74, 6) is -0.931. The molecule has 0 unspecified atom stereocenters. The smallest absolute Gasteiger partial charge is 0.462 e. The lowest BCUT2D eigenvalue weighted by Gasteiger charge is -2.18. The van der Waals surface area contributed by atoms with Crippen molar-refractivity contribution >= 4 is 19.8 Å². The molecule has 0 aromatic heterocycles. The molecule has 1 atom stereocenters. The van der Waals surface area contributed by atoms with Crippen molar-refractivity contribution in [1.29, 1.82) is 0 Å². The number of unbranched alkanes of at least 4 members (excludes halogenated alkanes) is 15. The lowest BCUT2D eigenvalue weighted by atomic mass is 10.1. The van der Waals surface area contributed by atoms with Gasteiger partial charge < -0.3 is 19.3 Å². The van der Waals surface area contributed by atoms with Crippen LogP contribution in [0.2, 0.25) is 0 Å². The Morgan fingerprint density at radius 1 is 0.591 bits per heavy atom. The summed E-state index contributed by atoms with van der Waals surface area (Å²) in [5, 5.41) is 0. The lowest BCUT2D eigenvalue weighted by Crippen LogP contribution is -2.29. The molecule has 0 aliphatic carbocycles. The average molecular weight is 643 g/mol. The van der Waals surface area contributed by atoms with Crippen molar-refractivity contribution in [2.75, 3.05) is 13.2 Å². The fourth-order valence-electron chi connectivity index (χ4n) is 4.55. The van der Waals surface area contributed by atoms with Crippen molar-refractivity contribution in [2.45, 2.75) is 161 Å². The molecule has 0 saturated heterocycles. The summed E-state index contributed by atoms with van der Waals surface area (Å²) in [6.45, 7) is 3.59. The van der Waals surface area contributed by atoms with E-state index in [9.17, 15) is 14.2 Å². The molecular formula is C35H63O8P. The van der Waals surface area contributed by atoms with E-state index < -0.39 is 32.5 Å². The SMILES string of the molecule is CCCCC/C=C/C/C=C/C/C=C/CCCCC(=O)O[C@H](COC(=O)CCCCCCCCCCCCC)COP(=O)(O)O. The average Bonchev–Trinajstić information content (AvgIpc) is 2.98. The highest BCUT2D eigenvalue weighted by molar-refractivity contribution is 7.46. The topological polar surface area (TPSA) is 119 Å². The number of carbonyl (C=O) groups excluding carboxylic acids is 2. The van der Waals surface area contributed by atoms with Gasteiger partial charge in [0.15, 0.2) is 6.10 Å². The number of carbonyl (C=O) groups is 2. The molecule has 256 valence electrons. The minimum absolute atomic E-state index is 0.164. The van der Waals surface area contributed by atoms with Gasteiger partial charge in [-0.3, -0.25) is 14.1 Å². The van der Waals surface area contributed by atoms with Crippen LogP contribution in [0.1, 0.15) is 155 Å². The zero-order valence-electron chi connectivity index (χ0n) is 27.8. The highest BCUT2D eigenvalue weighted by Gasteiger charge is 2.22. The normalized spacial score (nSPS) is 12.9. The largest absolute Gasteiger partial charge is 0.469 e. The fraction of sp³-hybridized carbons (Fsp3) is 0.771. The molecule has 8 nitrogen and oxygen atoms in total. The van der Waals surface area contributed by atoms with Crippen LogP contribution in [0, 0.1) is 0 Å². The van der Waals surface area contributed by atoms with Crippen molar-refractivity contribution in [3.8, 4) is 0 Å². The van der Waals surface area contributed by atoms with Gasteiger partial charge in [-0.15, -0.1) is 0 Å². The summed E-state index contributed by atoms with van der Waals surface area (Å²) >= 11 is 0. The molecule has 0 saturated carbocycles. The second kappa shape index (κ2) is 31.3. The summed E-state index contributed by atoms with van der Waals surface area (Å²) in [4.78, 5) is 42.5. The van der Waals surface area contributed by atoms with Gasteiger partial charge in [-0.1, -0.05) is 127 Å². The van der Waals surface area contributed by atoms with Gasteiger partial charge in [0.2, 0.25) is 0 Å². The first kappa shape index (κ1) is 42.3. The van der Waals surface area contributed by atoms with Gasteiger partial charge in [0, 0.05) is 12.8 Å². The van der Waals surface area contributed by atoms with Crippen LogP contribution in [-0.4, -0.2) is 41.0 Å². The van der Waals surface area contributed by atoms with Gasteiger partial charge in [0.25, 0.3) is 0 Å². The van der Waals surface area contributed by atoms with Crippen molar-refractivity contribution in [3.63, 3.8) is 0 Å². The number of hydrogen-bond donors (Lipinski definition) is 2. The molecule has 0 radical (unpaired) electrons. The molecule has 0 aromatic carbocycles. The van der Waals surface area contributed by atoms with Crippen LogP contribution in [0.25, 0.3) is 0 Å². The molecule has 0 aliphatic rings. The maximum atomic E-state index is 12.3. The van der Waals surface area contributed by atoms with Crippen molar-refractivity contribution in [2.24, 2.45) is 0 Å². The molecule has 2 N–H and O–H groups in total. The Kier molecular flexibility index (Phi) is 30.0. The van der Waals surface area contributed by atoms with E-state index in [4.69, 9.17) is 19.3 Å². The summed E-state index contributed by atoms with van der Waals surface area (Å²) in [6, 6.07) is 0. The highest BCUT2D eigenvalue weighted by atomic mass is 31.2. The van der Waals surface area contributed by atoms with Crippen molar-refractivity contribution in [3.05, 3.63) is 36.5 Å². The van der Waals surface area contributed by atoms with Crippen LogP contribution in [0.3, 0.4) is 0 Å². The number of ether oxygens (including phenoxy) is 2. The lowest BCUT2D eigenvalue weighted by molar-refractivity contribution is -0.161. The Labute approximate surface area is 268 Å². The number of phosphoric ester groups is 1. The number of esters is 2. The van der Waals surface area contributed by atoms with E-state index in [2.05, 4.69) is 54.8 Å². The third-order valence-corrected chi connectivity index (χ3v) is 7.65. The molecule has 0 heterocycles. The van der Waals surface area contributed by atoms with Gasteiger partial charge in [0.1, 0.15) is 6.61 Å². The van der Waals surface area contributed by atoms with Gasteiger partial charge in [-0.2, -0.15) is 0 Å². The fourth-order valence-corrected chi connectivity index (χ4v) is 4.91. The van der Waals surface area contributed by atoms with Crippen LogP contribution in [0.15, 0.2) is 36.5 Å². The molecule has 9 heteroatoms. The molecule has 0 aromatic rings. The third-order valence-electron chi connectivity index (χ3n) is 7.16. The summed E-state index contributed by atoms with van der Waals surface area (Å²) in [7, 11) is -4.75. The van der Waals surface area contributed by atoms with E-state index in [1.807, 2.05) is 0 Å². The number of allylic oxidation sites excluding steroid dienone is 6. The molecule has 0 rings (SSSR count). The Morgan fingerprint density at radius 2 is 1.02 bits per heavy atom. The molecule has 0 amide bonds. The highest BCUT2D eigenvalue weighted by Crippen LogP contribution is 2.35. The monoisotopic (exact) mass is 642 g/mol. The molecule has 0 spiro atoms. The Bertz CT molecular complexity index is 818. The summed E-state index contributed by atoms with van der Waals surface area (Å²) in [5.41, 5.74) is 0. The third kappa shape index (κ3) is 33.2. The minimum Gasteiger partial charge on any atom is -0.462 e. The molecule has 0 aliphatic heterocycles. The Hall–Kier alpha value is -1.73. The maximum absolute atomic E-state index is 12.3. The van der Waals surface area contributed by atoms with Crippen molar-refractivity contribution < 1.29 is 37.9 Å². The quantitative estimate of drug-likeness (QED) is 0.0332. The Morgan fingerprint density at radius 3 is 1.57 bits per heavy atom. The van der Waals surface area contributed by atoms with Gasteiger partial charge in [-0.25, -0.2) is 4.57 Å². The number of hydrogen-bond acceptors (Lipinski definition) is 6. The zero-order chi connectivity index (χ0) is 32.6. The van der Waals surface area contributed by atoms with E-state index in [0.29, 0.717) is 6.42 Å². The van der Waals surface area contributed by atoms with Crippen molar-refractivity contribution in [1.82, 2.24) is 0 Å². The molecule has 44 heavy (non-hydrogen) atoms. The second-order valence-corrected chi connectivity index (χ2v) is 12.7. The van der Waals surface area contributed by atoms with E-state index in [1.54, 1.807) is 0 Å². The van der Waals surface area contributed by atoms with Gasteiger partial charge >= 0.3 is 19.8 Å². The predicted molar refractivity (Wildman–Crippen MR) is 179 cm³/mol. The van der Waals surface area contributed by atoms with E-state index in [-0.39, 0.29) is 19.4 Å². The Balaban J connectivity index is 4.09. The molecule has 0 bridgehead atoms. The van der Waals surface area contributed by atoms with Crippen LogP contribution in [-0.2, 0) is 28.2 Å². The van der Waals surface area contributed by atoms with E-state index in [1.165, 1.54) is 70.6 Å². The predicted octanol–water partition coefficient (Wildman–Crippen LogP) is 9.84. The van der Waals surface area contributed by atoms with Crippen LogP contribution < -0.4 is 0 Å². The van der Waals surface area contributed by atoms with E-state index >= 15 is 0 Å². The molecular weight excluding hydrogens is 579 g/mol. The van der Waals surface area contributed by atoms with Crippen LogP contribution in [0.5, 0.6) is 0 Å². The number of rotatable bonds is 31. The first-order valence-electron chi connectivity index (χ1n) is 17.3. The first-order chi connectivity index (χ1) is 21.3. The van der Waals surface area contributed by atoms with Crippen LogP contribution >= 0.6 is 7.82 Å². The zero-order valence-corrected chi connectivity index (χ0v) is 28.7. The first-order valence-corrected chi connectivity index (χ1v) is 18.8.